The Morgan fingerprint density at radius 3 is 2.48 bits per heavy atom. The summed E-state index contributed by atoms with van der Waals surface area (Å²) in [5.41, 5.74) is 1.77. The van der Waals surface area contributed by atoms with Gasteiger partial charge in [0.15, 0.2) is 11.6 Å². The van der Waals surface area contributed by atoms with Gasteiger partial charge in [0.05, 0.1) is 0 Å². The van der Waals surface area contributed by atoms with Gasteiger partial charge in [0.25, 0.3) is 0 Å². The highest BCUT2D eigenvalue weighted by Gasteiger charge is 2.20. The zero-order valence-corrected chi connectivity index (χ0v) is 16.3. The van der Waals surface area contributed by atoms with Crippen LogP contribution < -0.4 is 4.74 Å². The topological polar surface area (TPSA) is 32.7 Å². The minimum atomic E-state index is -0.674. The lowest BCUT2D eigenvalue weighted by Crippen LogP contribution is -2.37. The lowest BCUT2D eigenvalue weighted by atomic mass is 9.89. The van der Waals surface area contributed by atoms with Crippen LogP contribution in [-0.2, 0) is 6.42 Å². The van der Waals surface area contributed by atoms with Gasteiger partial charge in [-0.3, -0.25) is 4.90 Å². The second-order valence-corrected chi connectivity index (χ2v) is 7.05. The number of aryl methyl sites for hydroxylation is 1. The third-order valence-corrected chi connectivity index (χ3v) is 5.02. The van der Waals surface area contributed by atoms with Crippen LogP contribution in [-0.4, -0.2) is 36.2 Å². The molecule has 1 aliphatic rings. The number of rotatable bonds is 6. The molecule has 148 valence electrons. The Bertz CT molecular complexity index is 749. The molecule has 0 spiro atoms. The molecule has 1 heterocycles. The molecule has 1 N–H and O–H groups in total. The van der Waals surface area contributed by atoms with Crippen molar-refractivity contribution in [2.45, 2.75) is 26.2 Å². The van der Waals surface area contributed by atoms with Crippen molar-refractivity contribution in [3.63, 3.8) is 0 Å². The van der Waals surface area contributed by atoms with E-state index >= 15 is 0 Å². The van der Waals surface area contributed by atoms with Crippen LogP contribution in [0.2, 0.25) is 0 Å². The molecule has 3 rings (SSSR count). The van der Waals surface area contributed by atoms with E-state index in [1.54, 1.807) is 12.1 Å². The van der Waals surface area contributed by atoms with Crippen molar-refractivity contribution < 1.29 is 18.6 Å². The third kappa shape index (κ3) is 6.08. The zero-order valence-electron chi connectivity index (χ0n) is 15.5. The molecule has 0 aliphatic carbocycles. The first-order valence-electron chi connectivity index (χ1n) is 9.10. The number of likely N-dealkylation sites (tertiary alicyclic amines) is 1. The Hall–Kier alpha value is -1.85. The number of nitrogens with zero attached hydrogens (tertiary/aromatic N) is 1. The molecule has 0 amide bonds. The highest BCUT2D eigenvalue weighted by Crippen LogP contribution is 2.24. The maximum Gasteiger partial charge on any atom is 0.168 e. The Morgan fingerprint density at radius 1 is 1.07 bits per heavy atom. The van der Waals surface area contributed by atoms with Crippen molar-refractivity contribution in [3.8, 4) is 11.5 Å². The summed E-state index contributed by atoms with van der Waals surface area (Å²) in [5.74, 6) is -0.210. The maximum atomic E-state index is 14.0. The fraction of sp³-hybridized carbons (Fsp3) is 0.429. The van der Waals surface area contributed by atoms with Crippen molar-refractivity contribution in [3.05, 3.63) is 59.2 Å². The van der Waals surface area contributed by atoms with Crippen LogP contribution in [0.5, 0.6) is 11.5 Å². The number of piperidine rings is 1. The lowest BCUT2D eigenvalue weighted by molar-refractivity contribution is 0.154. The number of hydrogen-bond acceptors (Lipinski definition) is 3. The highest BCUT2D eigenvalue weighted by molar-refractivity contribution is 5.85. The van der Waals surface area contributed by atoms with E-state index in [0.717, 1.165) is 50.0 Å². The van der Waals surface area contributed by atoms with Gasteiger partial charge < -0.3 is 9.84 Å². The van der Waals surface area contributed by atoms with Gasteiger partial charge in [-0.2, -0.15) is 0 Å². The standard InChI is InChI=1S/C21H25F2NO2.ClH/c1-15-2-3-17(19(22)12-15)13-16-6-8-24(9-7-16)10-11-26-18-4-5-21(25)20(23)14-18;/h2-5,12,14,16,25H,6-11,13H2,1H3;1H. The molecular formula is C21H26ClF2NO2. The van der Waals surface area contributed by atoms with Crippen molar-refractivity contribution in [1.82, 2.24) is 4.90 Å². The van der Waals surface area contributed by atoms with E-state index in [1.807, 2.05) is 19.1 Å². The molecule has 2 aromatic carbocycles. The van der Waals surface area contributed by atoms with Gasteiger partial charge in [0.2, 0.25) is 0 Å². The summed E-state index contributed by atoms with van der Waals surface area (Å²) in [7, 11) is 0. The van der Waals surface area contributed by atoms with Crippen LogP contribution in [0.15, 0.2) is 36.4 Å². The van der Waals surface area contributed by atoms with Crippen LogP contribution in [0, 0.1) is 24.5 Å². The van der Waals surface area contributed by atoms with Crippen LogP contribution in [0.25, 0.3) is 0 Å². The lowest BCUT2D eigenvalue weighted by Gasteiger charge is -2.32. The van der Waals surface area contributed by atoms with E-state index in [4.69, 9.17) is 4.74 Å². The number of ether oxygens (including phenoxy) is 1. The highest BCUT2D eigenvalue weighted by atomic mass is 35.5. The summed E-state index contributed by atoms with van der Waals surface area (Å²) in [6, 6.07) is 9.52. The largest absolute Gasteiger partial charge is 0.505 e. The van der Waals surface area contributed by atoms with Crippen molar-refractivity contribution in [2.24, 2.45) is 5.92 Å². The monoisotopic (exact) mass is 397 g/mol. The number of aromatic hydroxyl groups is 1. The molecule has 1 saturated heterocycles. The minimum absolute atomic E-state index is 0. The fourth-order valence-corrected chi connectivity index (χ4v) is 3.41. The number of phenolic OH excluding ortho intramolecular Hbond substituents is 1. The number of benzene rings is 2. The molecule has 3 nitrogen and oxygen atoms in total. The molecule has 0 radical (unpaired) electrons. The van der Waals surface area contributed by atoms with Gasteiger partial charge in [-0.05, 0) is 74.5 Å². The van der Waals surface area contributed by atoms with E-state index in [1.165, 1.54) is 12.1 Å². The molecule has 0 aromatic heterocycles. The Balaban J connectivity index is 0.00000261. The summed E-state index contributed by atoms with van der Waals surface area (Å²) in [6.45, 7) is 5.08. The zero-order chi connectivity index (χ0) is 18.5. The summed E-state index contributed by atoms with van der Waals surface area (Å²) in [5, 5.41) is 9.17. The molecule has 27 heavy (non-hydrogen) atoms. The van der Waals surface area contributed by atoms with Crippen LogP contribution in [0.1, 0.15) is 24.0 Å². The normalized spacial score (nSPS) is 15.4. The first kappa shape index (κ1) is 21.5. The number of halogens is 3. The predicted octanol–water partition coefficient (Wildman–Crippen LogP) is 4.73. The van der Waals surface area contributed by atoms with Gasteiger partial charge in [-0.15, -0.1) is 12.4 Å². The van der Waals surface area contributed by atoms with Crippen LogP contribution in [0.4, 0.5) is 8.78 Å². The summed E-state index contributed by atoms with van der Waals surface area (Å²) < 4.78 is 32.8. The molecular weight excluding hydrogens is 372 g/mol. The summed E-state index contributed by atoms with van der Waals surface area (Å²) in [4.78, 5) is 2.32. The average Bonchev–Trinajstić information content (AvgIpc) is 2.62. The number of hydrogen-bond donors (Lipinski definition) is 1. The van der Waals surface area contributed by atoms with Gasteiger partial charge in [0.1, 0.15) is 18.2 Å². The fourth-order valence-electron chi connectivity index (χ4n) is 3.41. The van der Waals surface area contributed by atoms with Gasteiger partial charge in [0, 0.05) is 12.6 Å². The van der Waals surface area contributed by atoms with Crippen LogP contribution in [0.3, 0.4) is 0 Å². The maximum absolute atomic E-state index is 14.0. The molecule has 0 unspecified atom stereocenters. The first-order chi connectivity index (χ1) is 12.5. The average molecular weight is 398 g/mol. The second kappa shape index (κ2) is 9.90. The minimum Gasteiger partial charge on any atom is -0.505 e. The van der Waals surface area contributed by atoms with Crippen molar-refractivity contribution >= 4 is 12.4 Å². The quantitative estimate of drug-likeness (QED) is 0.764. The van der Waals surface area contributed by atoms with E-state index < -0.39 is 5.82 Å². The molecule has 1 fully saturated rings. The van der Waals surface area contributed by atoms with E-state index in [2.05, 4.69) is 4.90 Å². The molecule has 6 heteroatoms. The van der Waals surface area contributed by atoms with E-state index in [-0.39, 0.29) is 24.0 Å². The van der Waals surface area contributed by atoms with E-state index in [0.29, 0.717) is 18.3 Å². The predicted molar refractivity (Wildman–Crippen MR) is 105 cm³/mol. The molecule has 2 aromatic rings. The van der Waals surface area contributed by atoms with Crippen molar-refractivity contribution in [1.29, 1.82) is 0 Å². The van der Waals surface area contributed by atoms with Gasteiger partial charge >= 0.3 is 0 Å². The Labute approximate surface area is 165 Å². The SMILES string of the molecule is Cc1ccc(CC2CCN(CCOc3ccc(O)c(F)c3)CC2)c(F)c1.Cl. The molecule has 0 bridgehead atoms. The first-order valence-corrected chi connectivity index (χ1v) is 9.10. The third-order valence-electron chi connectivity index (χ3n) is 5.02. The van der Waals surface area contributed by atoms with Crippen molar-refractivity contribution in [2.75, 3.05) is 26.2 Å². The summed E-state index contributed by atoms with van der Waals surface area (Å²) >= 11 is 0. The Kier molecular flexibility index (Phi) is 7.87. The smallest absolute Gasteiger partial charge is 0.168 e. The van der Waals surface area contributed by atoms with E-state index in [9.17, 15) is 13.9 Å². The van der Waals surface area contributed by atoms with Crippen LogP contribution >= 0.6 is 12.4 Å². The Morgan fingerprint density at radius 2 is 1.81 bits per heavy atom. The van der Waals surface area contributed by atoms with Gasteiger partial charge in [-0.25, -0.2) is 8.78 Å². The van der Waals surface area contributed by atoms with Gasteiger partial charge in [-0.1, -0.05) is 12.1 Å². The second-order valence-electron chi connectivity index (χ2n) is 7.05. The number of phenols is 1. The summed E-state index contributed by atoms with van der Waals surface area (Å²) in [6.07, 6.45) is 2.88. The molecule has 0 atom stereocenters. The molecule has 1 aliphatic heterocycles. The molecule has 0 saturated carbocycles.